The summed E-state index contributed by atoms with van der Waals surface area (Å²) in [6, 6.07) is 1.93. The number of carbonyl (C=O) groups excluding carboxylic acids is 1. The Morgan fingerprint density at radius 3 is 3.00 bits per heavy atom. The third-order valence-corrected chi connectivity index (χ3v) is 3.02. The van der Waals surface area contributed by atoms with Crippen LogP contribution < -0.4 is 5.32 Å². The Balaban J connectivity index is 2.22. The van der Waals surface area contributed by atoms with Crippen molar-refractivity contribution in [2.45, 2.75) is 12.8 Å². The van der Waals surface area contributed by atoms with Gasteiger partial charge in [-0.2, -0.15) is 0 Å². The lowest BCUT2D eigenvalue weighted by molar-refractivity contribution is -0.145. The molecule has 4 heteroatoms. The molecular weight excluding hydrogens is 194 g/mol. The molecular formula is C11H15NO3. The largest absolute Gasteiger partial charge is 0.469 e. The van der Waals surface area contributed by atoms with Gasteiger partial charge in [-0.25, -0.2) is 0 Å². The maximum Gasteiger partial charge on any atom is 0.310 e. The molecule has 1 aliphatic rings. The van der Waals surface area contributed by atoms with Gasteiger partial charge < -0.3 is 14.5 Å². The molecule has 2 rings (SSSR count). The Labute approximate surface area is 88.6 Å². The van der Waals surface area contributed by atoms with Gasteiger partial charge in [-0.15, -0.1) is 0 Å². The Morgan fingerprint density at radius 1 is 1.60 bits per heavy atom. The highest BCUT2D eigenvalue weighted by Crippen LogP contribution is 2.31. The second kappa shape index (κ2) is 4.06. The van der Waals surface area contributed by atoms with Gasteiger partial charge in [-0.1, -0.05) is 0 Å². The minimum absolute atomic E-state index is 0.0914. The maximum absolute atomic E-state index is 11.5. The van der Waals surface area contributed by atoms with Crippen molar-refractivity contribution in [2.75, 3.05) is 20.2 Å². The molecule has 2 heterocycles. The van der Waals surface area contributed by atoms with Gasteiger partial charge >= 0.3 is 5.97 Å². The summed E-state index contributed by atoms with van der Waals surface area (Å²) in [5.74, 6) is 0.825. The zero-order valence-electron chi connectivity index (χ0n) is 8.95. The van der Waals surface area contributed by atoms with Crippen molar-refractivity contribution in [3.05, 3.63) is 23.7 Å². The Kier molecular flexibility index (Phi) is 2.77. The summed E-state index contributed by atoms with van der Waals surface area (Å²) < 4.78 is 10.1. The van der Waals surface area contributed by atoms with Crippen LogP contribution in [0, 0.1) is 12.8 Å². The van der Waals surface area contributed by atoms with Gasteiger partial charge in [-0.3, -0.25) is 4.79 Å². The predicted molar refractivity (Wildman–Crippen MR) is 54.6 cm³/mol. The molecule has 82 valence electrons. The maximum atomic E-state index is 11.5. The predicted octanol–water partition coefficient (Wildman–Crippen LogP) is 1.06. The van der Waals surface area contributed by atoms with Gasteiger partial charge in [0.1, 0.15) is 5.76 Å². The van der Waals surface area contributed by atoms with E-state index in [2.05, 4.69) is 5.32 Å². The Hall–Kier alpha value is -1.29. The fourth-order valence-electron chi connectivity index (χ4n) is 2.18. The lowest BCUT2D eigenvalue weighted by Gasteiger charge is -2.15. The molecule has 0 aromatic carbocycles. The standard InChI is InChI=1S/C11H15NO3/c1-7-8(3-4-15-7)9-5-12-6-10(9)11(13)14-2/h3-4,9-10,12H,5-6H2,1-2H3. The van der Waals surface area contributed by atoms with E-state index in [1.807, 2.05) is 13.0 Å². The van der Waals surface area contributed by atoms with Gasteiger partial charge in [0.2, 0.25) is 0 Å². The van der Waals surface area contributed by atoms with Crippen LogP contribution in [0.15, 0.2) is 16.7 Å². The van der Waals surface area contributed by atoms with Crippen molar-refractivity contribution in [1.82, 2.24) is 5.32 Å². The second-order valence-electron chi connectivity index (χ2n) is 3.83. The summed E-state index contributed by atoms with van der Waals surface area (Å²) in [7, 11) is 1.43. The number of nitrogens with one attached hydrogen (secondary N) is 1. The van der Waals surface area contributed by atoms with Crippen LogP contribution in [0.3, 0.4) is 0 Å². The number of rotatable bonds is 2. The Bertz CT molecular complexity index is 358. The van der Waals surface area contributed by atoms with Crippen molar-refractivity contribution >= 4 is 5.97 Å². The van der Waals surface area contributed by atoms with E-state index in [9.17, 15) is 4.79 Å². The smallest absolute Gasteiger partial charge is 0.310 e. The van der Waals surface area contributed by atoms with Crippen molar-refractivity contribution in [3.63, 3.8) is 0 Å². The highest BCUT2D eigenvalue weighted by Gasteiger charge is 2.36. The number of esters is 1. The number of carbonyl (C=O) groups is 1. The van der Waals surface area contributed by atoms with Crippen molar-refractivity contribution < 1.29 is 13.9 Å². The minimum atomic E-state index is -0.148. The average molecular weight is 209 g/mol. The summed E-state index contributed by atoms with van der Waals surface area (Å²) in [5.41, 5.74) is 1.11. The quantitative estimate of drug-likeness (QED) is 0.740. The van der Waals surface area contributed by atoms with Crippen LogP contribution in [0.4, 0.5) is 0 Å². The molecule has 1 aliphatic heterocycles. The third-order valence-electron chi connectivity index (χ3n) is 3.02. The minimum Gasteiger partial charge on any atom is -0.469 e. The molecule has 4 nitrogen and oxygen atoms in total. The van der Waals surface area contributed by atoms with E-state index in [1.165, 1.54) is 7.11 Å². The third kappa shape index (κ3) is 1.77. The van der Waals surface area contributed by atoms with E-state index in [0.29, 0.717) is 6.54 Å². The first-order valence-corrected chi connectivity index (χ1v) is 5.06. The van der Waals surface area contributed by atoms with Crippen molar-refractivity contribution in [3.8, 4) is 0 Å². The number of aryl methyl sites for hydroxylation is 1. The van der Waals surface area contributed by atoms with Crippen LogP contribution in [-0.4, -0.2) is 26.2 Å². The summed E-state index contributed by atoms with van der Waals surface area (Å²) >= 11 is 0. The van der Waals surface area contributed by atoms with Crippen LogP contribution in [0.5, 0.6) is 0 Å². The van der Waals surface area contributed by atoms with Crippen molar-refractivity contribution in [2.24, 2.45) is 5.92 Å². The van der Waals surface area contributed by atoms with Crippen LogP contribution in [0.25, 0.3) is 0 Å². The fraction of sp³-hybridized carbons (Fsp3) is 0.545. The van der Waals surface area contributed by atoms with Gasteiger partial charge in [0, 0.05) is 19.0 Å². The van der Waals surface area contributed by atoms with Gasteiger partial charge in [0.25, 0.3) is 0 Å². The first-order chi connectivity index (χ1) is 7.24. The molecule has 2 atom stereocenters. The Morgan fingerprint density at radius 2 is 2.40 bits per heavy atom. The molecule has 2 unspecified atom stereocenters. The van der Waals surface area contributed by atoms with E-state index in [0.717, 1.165) is 17.9 Å². The van der Waals surface area contributed by atoms with Gasteiger partial charge in [0.15, 0.2) is 0 Å². The van der Waals surface area contributed by atoms with Crippen LogP contribution >= 0.6 is 0 Å². The summed E-state index contributed by atoms with van der Waals surface area (Å²) in [4.78, 5) is 11.5. The molecule has 1 N–H and O–H groups in total. The monoisotopic (exact) mass is 209 g/mol. The van der Waals surface area contributed by atoms with E-state index >= 15 is 0 Å². The SMILES string of the molecule is COC(=O)C1CNCC1c1ccoc1C. The summed E-state index contributed by atoms with van der Waals surface area (Å²) in [5, 5.41) is 3.21. The van der Waals surface area contributed by atoms with Gasteiger partial charge in [0.05, 0.1) is 19.3 Å². The molecule has 0 bridgehead atoms. The fourth-order valence-corrected chi connectivity index (χ4v) is 2.18. The number of methoxy groups -OCH3 is 1. The lowest BCUT2D eigenvalue weighted by Crippen LogP contribution is -2.23. The number of furan rings is 1. The van der Waals surface area contributed by atoms with E-state index in [4.69, 9.17) is 9.15 Å². The second-order valence-corrected chi connectivity index (χ2v) is 3.83. The van der Waals surface area contributed by atoms with Crippen LogP contribution in [0.2, 0.25) is 0 Å². The molecule has 15 heavy (non-hydrogen) atoms. The molecule has 1 fully saturated rings. The number of hydrogen-bond acceptors (Lipinski definition) is 4. The van der Waals surface area contributed by atoms with Gasteiger partial charge in [-0.05, 0) is 18.6 Å². The molecule has 1 saturated heterocycles. The first kappa shape index (κ1) is 10.2. The summed E-state index contributed by atoms with van der Waals surface area (Å²) in [6.07, 6.45) is 1.66. The molecule has 0 aliphatic carbocycles. The zero-order valence-corrected chi connectivity index (χ0v) is 8.95. The van der Waals surface area contributed by atoms with Crippen LogP contribution in [0.1, 0.15) is 17.2 Å². The van der Waals surface area contributed by atoms with Crippen molar-refractivity contribution in [1.29, 1.82) is 0 Å². The normalized spacial score (nSPS) is 25.5. The zero-order chi connectivity index (χ0) is 10.8. The molecule has 0 amide bonds. The summed E-state index contributed by atoms with van der Waals surface area (Å²) in [6.45, 7) is 3.41. The number of ether oxygens (including phenoxy) is 1. The van der Waals surface area contributed by atoms with E-state index in [-0.39, 0.29) is 17.8 Å². The molecule has 0 spiro atoms. The molecule has 0 radical (unpaired) electrons. The van der Waals surface area contributed by atoms with Crippen LogP contribution in [-0.2, 0) is 9.53 Å². The molecule has 1 aromatic heterocycles. The first-order valence-electron chi connectivity index (χ1n) is 5.06. The highest BCUT2D eigenvalue weighted by molar-refractivity contribution is 5.74. The topological polar surface area (TPSA) is 51.5 Å². The lowest BCUT2D eigenvalue weighted by atomic mass is 9.89. The average Bonchev–Trinajstić information content (AvgIpc) is 2.84. The van der Waals surface area contributed by atoms with E-state index < -0.39 is 0 Å². The number of hydrogen-bond donors (Lipinski definition) is 1. The van der Waals surface area contributed by atoms with E-state index in [1.54, 1.807) is 6.26 Å². The highest BCUT2D eigenvalue weighted by atomic mass is 16.5. The molecule has 1 aromatic rings. The molecule has 0 saturated carbocycles.